The van der Waals surface area contributed by atoms with E-state index in [2.05, 4.69) is 48.6 Å². The summed E-state index contributed by atoms with van der Waals surface area (Å²) in [7, 11) is 0. The Kier molecular flexibility index (Phi) is 5.43. The average molecular weight is 439 g/mol. The molecule has 1 aliphatic rings. The van der Waals surface area contributed by atoms with Crippen LogP contribution in [-0.2, 0) is 6.54 Å². The van der Waals surface area contributed by atoms with E-state index in [-0.39, 0.29) is 0 Å². The van der Waals surface area contributed by atoms with Gasteiger partial charge in [-0.1, -0.05) is 0 Å². The normalized spacial score (nSPS) is 14.9. The molecular weight excluding hydrogens is 416 g/mol. The summed E-state index contributed by atoms with van der Waals surface area (Å²) in [4.78, 5) is 15.2. The van der Waals surface area contributed by atoms with Crippen LogP contribution in [0.2, 0.25) is 0 Å². The summed E-state index contributed by atoms with van der Waals surface area (Å²) < 4.78 is 6.30. The molecule has 0 unspecified atom stereocenters. The number of pyridine rings is 1. The topological polar surface area (TPSA) is 75.0 Å². The Morgan fingerprint density at radius 3 is 2.77 bits per heavy atom. The van der Waals surface area contributed by atoms with Crippen molar-refractivity contribution in [2.24, 2.45) is 0 Å². The zero-order chi connectivity index (χ0) is 20.3. The maximum atomic E-state index is 4.74. The van der Waals surface area contributed by atoms with Gasteiger partial charge < -0.3 is 10.2 Å². The number of nitrogens with zero attached hydrogens (tertiary/aromatic N) is 7. The molecule has 0 bridgehead atoms. The van der Waals surface area contributed by atoms with Gasteiger partial charge in [0.1, 0.15) is 5.82 Å². The van der Waals surface area contributed by atoms with Gasteiger partial charge in [0.15, 0.2) is 10.9 Å². The van der Waals surface area contributed by atoms with E-state index in [1.807, 2.05) is 23.7 Å². The van der Waals surface area contributed by atoms with Crippen molar-refractivity contribution in [1.82, 2.24) is 29.0 Å². The van der Waals surface area contributed by atoms with Gasteiger partial charge in [0, 0.05) is 61.6 Å². The van der Waals surface area contributed by atoms with Gasteiger partial charge in [-0.05, 0) is 42.7 Å². The maximum Gasteiger partial charge on any atom is 0.188 e. The summed E-state index contributed by atoms with van der Waals surface area (Å²) in [5, 5.41) is 10.4. The molecule has 1 N–H and O–H groups in total. The lowest BCUT2D eigenvalue weighted by atomic mass is 10.2. The third-order valence-electron chi connectivity index (χ3n) is 5.10. The van der Waals surface area contributed by atoms with Crippen LogP contribution < -0.4 is 10.2 Å². The molecule has 1 fully saturated rings. The van der Waals surface area contributed by atoms with Crippen molar-refractivity contribution >= 4 is 39.5 Å². The molecule has 0 aliphatic carbocycles. The van der Waals surface area contributed by atoms with E-state index < -0.39 is 0 Å². The Labute approximate surface area is 183 Å². The number of piperazine rings is 1. The van der Waals surface area contributed by atoms with Crippen LogP contribution in [0.25, 0.3) is 5.82 Å². The molecule has 0 saturated carbocycles. The van der Waals surface area contributed by atoms with E-state index >= 15 is 0 Å². The number of nitrogens with one attached hydrogen (secondary N) is 1. The minimum absolute atomic E-state index is 0.854. The van der Waals surface area contributed by atoms with E-state index in [0.29, 0.717) is 0 Å². The molecule has 0 aromatic carbocycles. The first-order valence-corrected chi connectivity index (χ1v) is 11.5. The number of anilines is 3. The molecule has 5 heterocycles. The third-order valence-corrected chi connectivity index (χ3v) is 6.56. The zero-order valence-electron chi connectivity index (χ0n) is 16.6. The molecule has 10 heteroatoms. The smallest absolute Gasteiger partial charge is 0.188 e. The highest BCUT2D eigenvalue weighted by Gasteiger charge is 2.20. The summed E-state index contributed by atoms with van der Waals surface area (Å²) in [6, 6.07) is 8.23. The van der Waals surface area contributed by atoms with Crippen LogP contribution in [0.3, 0.4) is 0 Å². The fraction of sp³-hybridized carbons (Fsp3) is 0.300. The van der Waals surface area contributed by atoms with Crippen molar-refractivity contribution in [1.29, 1.82) is 0 Å². The number of thiazole rings is 1. The van der Waals surface area contributed by atoms with Crippen LogP contribution in [0, 0.1) is 6.92 Å². The SMILES string of the molecule is Cc1nc(-n2cccn2)ccc1N1CCN(Cc2cc(Nc3nccs3)ns2)CC1. The van der Waals surface area contributed by atoms with Crippen LogP contribution in [0.1, 0.15) is 10.6 Å². The average Bonchev–Trinajstić information content (AvgIpc) is 3.53. The Morgan fingerprint density at radius 1 is 1.13 bits per heavy atom. The van der Waals surface area contributed by atoms with Crippen LogP contribution >= 0.6 is 22.9 Å². The van der Waals surface area contributed by atoms with E-state index in [1.54, 1.807) is 39.9 Å². The van der Waals surface area contributed by atoms with E-state index in [4.69, 9.17) is 4.98 Å². The van der Waals surface area contributed by atoms with Crippen molar-refractivity contribution in [3.05, 3.63) is 58.8 Å². The largest absolute Gasteiger partial charge is 0.368 e. The second kappa shape index (κ2) is 8.50. The Balaban J connectivity index is 1.17. The second-order valence-electron chi connectivity index (χ2n) is 7.13. The van der Waals surface area contributed by atoms with Crippen molar-refractivity contribution in [2.45, 2.75) is 13.5 Å². The maximum absolute atomic E-state index is 4.74. The standard InChI is InChI=1S/C20H22N8S2/c1-15-17(3-4-19(23-15)28-7-2-5-22-28)27-10-8-26(9-11-27)14-16-13-18(25-30-16)24-20-21-6-12-29-20/h2-7,12-13H,8-11,14H2,1H3,(H,21,24,25). The third kappa shape index (κ3) is 4.20. The van der Waals surface area contributed by atoms with Gasteiger partial charge in [-0.15, -0.1) is 11.3 Å². The predicted molar refractivity (Wildman–Crippen MR) is 121 cm³/mol. The Hall–Kier alpha value is -2.82. The van der Waals surface area contributed by atoms with Crippen molar-refractivity contribution < 1.29 is 0 Å². The molecule has 1 saturated heterocycles. The first-order valence-electron chi connectivity index (χ1n) is 9.82. The number of hydrogen-bond acceptors (Lipinski definition) is 9. The highest BCUT2D eigenvalue weighted by atomic mass is 32.1. The lowest BCUT2D eigenvalue weighted by molar-refractivity contribution is 0.252. The molecule has 1 aliphatic heterocycles. The number of rotatable bonds is 6. The number of aromatic nitrogens is 5. The molecule has 0 atom stereocenters. The van der Waals surface area contributed by atoms with Crippen LogP contribution in [0.5, 0.6) is 0 Å². The Bertz CT molecular complexity index is 1080. The lowest BCUT2D eigenvalue weighted by Gasteiger charge is -2.36. The van der Waals surface area contributed by atoms with Crippen LogP contribution in [-0.4, -0.2) is 55.2 Å². The van der Waals surface area contributed by atoms with Gasteiger partial charge in [0.2, 0.25) is 0 Å². The van der Waals surface area contributed by atoms with Crippen molar-refractivity contribution in [3.63, 3.8) is 0 Å². The van der Waals surface area contributed by atoms with Crippen LogP contribution in [0.4, 0.5) is 16.6 Å². The summed E-state index contributed by atoms with van der Waals surface area (Å²) in [6.45, 7) is 7.03. The van der Waals surface area contributed by atoms with Crippen molar-refractivity contribution in [2.75, 3.05) is 36.4 Å². The van der Waals surface area contributed by atoms with E-state index in [1.165, 1.54) is 10.6 Å². The second-order valence-corrected chi connectivity index (χ2v) is 8.91. The monoisotopic (exact) mass is 438 g/mol. The molecule has 4 aromatic heterocycles. The Morgan fingerprint density at radius 2 is 2.03 bits per heavy atom. The van der Waals surface area contributed by atoms with Crippen molar-refractivity contribution in [3.8, 4) is 5.82 Å². The van der Waals surface area contributed by atoms with Crippen LogP contribution in [0.15, 0.2) is 48.2 Å². The fourth-order valence-corrected chi connectivity index (χ4v) is 4.87. The molecule has 4 aromatic rings. The summed E-state index contributed by atoms with van der Waals surface area (Å²) in [6.07, 6.45) is 5.48. The number of aryl methyl sites for hydroxylation is 1. The van der Waals surface area contributed by atoms with Gasteiger partial charge in [0.05, 0.1) is 11.4 Å². The molecule has 154 valence electrons. The minimum atomic E-state index is 0.854. The van der Waals surface area contributed by atoms with Gasteiger partial charge >= 0.3 is 0 Å². The fourth-order valence-electron chi connectivity index (χ4n) is 3.62. The van der Waals surface area contributed by atoms with Gasteiger partial charge in [-0.2, -0.15) is 9.47 Å². The molecular formula is C20H22N8S2. The first-order chi connectivity index (χ1) is 14.7. The predicted octanol–water partition coefficient (Wildman–Crippen LogP) is 3.55. The van der Waals surface area contributed by atoms with E-state index in [9.17, 15) is 0 Å². The lowest BCUT2D eigenvalue weighted by Crippen LogP contribution is -2.46. The van der Waals surface area contributed by atoms with E-state index in [0.717, 1.165) is 55.2 Å². The van der Waals surface area contributed by atoms with Gasteiger partial charge in [-0.25, -0.2) is 14.6 Å². The molecule has 0 amide bonds. The van der Waals surface area contributed by atoms with Gasteiger partial charge in [0.25, 0.3) is 0 Å². The molecule has 30 heavy (non-hydrogen) atoms. The van der Waals surface area contributed by atoms with Gasteiger partial charge in [-0.3, -0.25) is 4.90 Å². The number of hydrogen-bond donors (Lipinski definition) is 1. The minimum Gasteiger partial charge on any atom is -0.368 e. The highest BCUT2D eigenvalue weighted by molar-refractivity contribution is 7.13. The summed E-state index contributed by atoms with van der Waals surface area (Å²) in [5.74, 6) is 1.73. The molecule has 8 nitrogen and oxygen atoms in total. The first kappa shape index (κ1) is 19.2. The summed E-state index contributed by atoms with van der Waals surface area (Å²) >= 11 is 3.13. The molecule has 5 rings (SSSR count). The highest BCUT2D eigenvalue weighted by Crippen LogP contribution is 2.24. The molecule has 0 radical (unpaired) electrons. The summed E-state index contributed by atoms with van der Waals surface area (Å²) in [5.41, 5.74) is 2.25. The molecule has 0 spiro atoms. The zero-order valence-corrected chi connectivity index (χ0v) is 18.2. The quantitative estimate of drug-likeness (QED) is 0.493.